The zero-order valence-electron chi connectivity index (χ0n) is 11.6. The molecule has 0 aliphatic heterocycles. The van der Waals surface area contributed by atoms with E-state index < -0.39 is 0 Å². The number of nitrogens with two attached hydrogens (primary N) is 1. The molecule has 106 valence electrons. The number of carbonyl (C=O) groups excluding carboxylic acids is 1. The van der Waals surface area contributed by atoms with E-state index in [1.165, 1.54) is 0 Å². The number of amides is 1. The van der Waals surface area contributed by atoms with Crippen LogP contribution in [0.1, 0.15) is 30.7 Å². The predicted octanol–water partition coefficient (Wildman–Crippen LogP) is 2.42. The molecule has 2 rings (SSSR count). The molecule has 1 aromatic carbocycles. The van der Waals surface area contributed by atoms with Crippen molar-refractivity contribution in [2.75, 3.05) is 0 Å². The van der Waals surface area contributed by atoms with Crippen molar-refractivity contribution in [1.82, 2.24) is 5.32 Å². The second-order valence-electron chi connectivity index (χ2n) is 4.97. The second kappa shape index (κ2) is 6.91. The average molecular weight is 272 g/mol. The van der Waals surface area contributed by atoms with Crippen LogP contribution < -0.4 is 11.1 Å². The predicted molar refractivity (Wildman–Crippen MR) is 78.0 cm³/mol. The molecule has 3 N–H and O–H groups in total. The Bertz CT molecular complexity index is 523. The molecule has 1 amide bonds. The summed E-state index contributed by atoms with van der Waals surface area (Å²) < 4.78 is 5.26. The van der Waals surface area contributed by atoms with Gasteiger partial charge in [-0.25, -0.2) is 0 Å². The van der Waals surface area contributed by atoms with E-state index in [0.717, 1.165) is 11.3 Å². The van der Waals surface area contributed by atoms with Gasteiger partial charge in [-0.2, -0.15) is 0 Å². The molecule has 20 heavy (non-hydrogen) atoms. The molecule has 4 nitrogen and oxygen atoms in total. The summed E-state index contributed by atoms with van der Waals surface area (Å²) in [5.74, 6) is 0.825. The first-order valence-electron chi connectivity index (χ1n) is 6.77. The molecule has 1 heterocycles. The SMILES string of the molecule is CC(Cc1ccco1)NC(=O)CC(N)c1ccccc1. The molecule has 0 aliphatic rings. The molecule has 2 unspecified atom stereocenters. The molecular formula is C16H20N2O2. The van der Waals surface area contributed by atoms with Gasteiger partial charge in [0.15, 0.2) is 0 Å². The molecule has 1 aromatic heterocycles. The maximum atomic E-state index is 11.9. The Morgan fingerprint density at radius 2 is 2.00 bits per heavy atom. The maximum Gasteiger partial charge on any atom is 0.222 e. The molecule has 0 bridgehead atoms. The summed E-state index contributed by atoms with van der Waals surface area (Å²) in [6.45, 7) is 1.95. The van der Waals surface area contributed by atoms with Crippen molar-refractivity contribution < 1.29 is 9.21 Å². The van der Waals surface area contributed by atoms with Crippen LogP contribution in [-0.4, -0.2) is 11.9 Å². The lowest BCUT2D eigenvalue weighted by Gasteiger charge is -2.15. The minimum absolute atomic E-state index is 0.0247. The van der Waals surface area contributed by atoms with Crippen LogP contribution in [-0.2, 0) is 11.2 Å². The fourth-order valence-corrected chi connectivity index (χ4v) is 2.13. The van der Waals surface area contributed by atoms with Crippen molar-refractivity contribution in [1.29, 1.82) is 0 Å². The summed E-state index contributed by atoms with van der Waals surface area (Å²) >= 11 is 0. The molecule has 0 spiro atoms. The Kier molecular flexibility index (Phi) is 4.96. The van der Waals surface area contributed by atoms with Gasteiger partial charge in [0.25, 0.3) is 0 Å². The summed E-state index contributed by atoms with van der Waals surface area (Å²) in [4.78, 5) is 11.9. The largest absolute Gasteiger partial charge is 0.469 e. The number of rotatable bonds is 6. The van der Waals surface area contributed by atoms with Crippen LogP contribution in [0.3, 0.4) is 0 Å². The van der Waals surface area contributed by atoms with Gasteiger partial charge in [-0.3, -0.25) is 4.79 Å². The van der Waals surface area contributed by atoms with E-state index >= 15 is 0 Å². The minimum Gasteiger partial charge on any atom is -0.469 e. The molecule has 2 atom stereocenters. The molecule has 4 heteroatoms. The third-order valence-electron chi connectivity index (χ3n) is 3.13. The number of furan rings is 1. The molecule has 0 radical (unpaired) electrons. The zero-order valence-corrected chi connectivity index (χ0v) is 11.6. The summed E-state index contributed by atoms with van der Waals surface area (Å²) in [5, 5.41) is 2.94. The highest BCUT2D eigenvalue weighted by Gasteiger charge is 2.14. The van der Waals surface area contributed by atoms with Crippen molar-refractivity contribution in [2.45, 2.75) is 31.8 Å². The Morgan fingerprint density at radius 1 is 1.25 bits per heavy atom. The van der Waals surface area contributed by atoms with E-state index in [9.17, 15) is 4.79 Å². The van der Waals surface area contributed by atoms with Gasteiger partial charge in [0.05, 0.1) is 6.26 Å². The van der Waals surface area contributed by atoms with Crippen molar-refractivity contribution in [3.8, 4) is 0 Å². The Hall–Kier alpha value is -2.07. The molecule has 0 saturated heterocycles. The Labute approximate surface area is 119 Å². The average Bonchev–Trinajstić information content (AvgIpc) is 2.92. The van der Waals surface area contributed by atoms with Crippen molar-refractivity contribution in [3.63, 3.8) is 0 Å². The molecule has 2 aromatic rings. The first kappa shape index (κ1) is 14.3. The van der Waals surface area contributed by atoms with Crippen LogP contribution >= 0.6 is 0 Å². The van der Waals surface area contributed by atoms with Crippen molar-refractivity contribution in [3.05, 3.63) is 60.1 Å². The maximum absolute atomic E-state index is 11.9. The van der Waals surface area contributed by atoms with Gasteiger partial charge >= 0.3 is 0 Å². The smallest absolute Gasteiger partial charge is 0.222 e. The van der Waals surface area contributed by atoms with Crippen LogP contribution in [0.15, 0.2) is 53.1 Å². The molecule has 0 aliphatic carbocycles. The van der Waals surface area contributed by atoms with Gasteiger partial charge in [0, 0.05) is 24.9 Å². The lowest BCUT2D eigenvalue weighted by Crippen LogP contribution is -2.35. The topological polar surface area (TPSA) is 68.3 Å². The van der Waals surface area contributed by atoms with E-state index in [1.54, 1.807) is 6.26 Å². The number of nitrogens with one attached hydrogen (secondary N) is 1. The summed E-state index contributed by atoms with van der Waals surface area (Å²) in [6, 6.07) is 13.1. The number of carbonyl (C=O) groups is 1. The first-order valence-corrected chi connectivity index (χ1v) is 6.77. The van der Waals surface area contributed by atoms with Gasteiger partial charge in [-0.1, -0.05) is 30.3 Å². The van der Waals surface area contributed by atoms with E-state index in [-0.39, 0.29) is 24.4 Å². The third kappa shape index (κ3) is 4.24. The van der Waals surface area contributed by atoms with Crippen LogP contribution in [0.2, 0.25) is 0 Å². The highest BCUT2D eigenvalue weighted by Crippen LogP contribution is 2.13. The standard InChI is InChI=1S/C16H20N2O2/c1-12(10-14-8-5-9-20-14)18-16(19)11-15(17)13-6-3-2-4-7-13/h2-9,12,15H,10-11,17H2,1H3,(H,18,19). The van der Waals surface area contributed by atoms with Crippen LogP contribution in [0.4, 0.5) is 0 Å². The lowest BCUT2D eigenvalue weighted by molar-refractivity contribution is -0.122. The summed E-state index contributed by atoms with van der Waals surface area (Å²) in [6.07, 6.45) is 2.60. The lowest BCUT2D eigenvalue weighted by atomic mass is 10.0. The van der Waals surface area contributed by atoms with Gasteiger partial charge in [-0.15, -0.1) is 0 Å². The highest BCUT2D eigenvalue weighted by molar-refractivity contribution is 5.77. The highest BCUT2D eigenvalue weighted by atomic mass is 16.3. The number of benzene rings is 1. The Morgan fingerprint density at radius 3 is 2.65 bits per heavy atom. The van der Waals surface area contributed by atoms with Crippen LogP contribution in [0.25, 0.3) is 0 Å². The quantitative estimate of drug-likeness (QED) is 0.848. The van der Waals surface area contributed by atoms with Gasteiger partial charge in [-0.05, 0) is 24.6 Å². The monoisotopic (exact) mass is 272 g/mol. The molecule has 0 fully saturated rings. The Balaban J connectivity index is 1.80. The normalized spacial score (nSPS) is 13.7. The van der Waals surface area contributed by atoms with Crippen LogP contribution in [0.5, 0.6) is 0 Å². The zero-order chi connectivity index (χ0) is 14.4. The second-order valence-corrected chi connectivity index (χ2v) is 4.97. The first-order chi connectivity index (χ1) is 9.65. The number of hydrogen-bond acceptors (Lipinski definition) is 3. The minimum atomic E-state index is -0.271. The fraction of sp³-hybridized carbons (Fsp3) is 0.312. The van der Waals surface area contributed by atoms with E-state index in [0.29, 0.717) is 6.42 Å². The van der Waals surface area contributed by atoms with Crippen LogP contribution in [0, 0.1) is 0 Å². The van der Waals surface area contributed by atoms with E-state index in [2.05, 4.69) is 5.32 Å². The summed E-state index contributed by atoms with van der Waals surface area (Å²) in [7, 11) is 0. The van der Waals surface area contributed by atoms with Crippen molar-refractivity contribution >= 4 is 5.91 Å². The fourth-order valence-electron chi connectivity index (χ4n) is 2.13. The van der Waals surface area contributed by atoms with E-state index in [1.807, 2.05) is 49.4 Å². The molecule has 0 saturated carbocycles. The number of hydrogen-bond donors (Lipinski definition) is 2. The van der Waals surface area contributed by atoms with Gasteiger partial charge in [0.1, 0.15) is 5.76 Å². The third-order valence-corrected chi connectivity index (χ3v) is 3.13. The molecular weight excluding hydrogens is 252 g/mol. The van der Waals surface area contributed by atoms with Crippen molar-refractivity contribution in [2.24, 2.45) is 5.73 Å². The van der Waals surface area contributed by atoms with E-state index in [4.69, 9.17) is 10.2 Å². The van der Waals surface area contributed by atoms with Gasteiger partial charge in [0.2, 0.25) is 5.91 Å². The van der Waals surface area contributed by atoms with Gasteiger partial charge < -0.3 is 15.5 Å². The summed E-state index contributed by atoms with van der Waals surface area (Å²) in [5.41, 5.74) is 7.00.